The summed E-state index contributed by atoms with van der Waals surface area (Å²) in [5, 5.41) is 0. The van der Waals surface area contributed by atoms with Crippen LogP contribution in [-0.4, -0.2) is 24.9 Å². The van der Waals surface area contributed by atoms with Crippen LogP contribution >= 0.6 is 0 Å². The molecule has 1 aliphatic heterocycles. The first-order valence-electron chi connectivity index (χ1n) is 9.31. The van der Waals surface area contributed by atoms with Crippen molar-refractivity contribution in [2.24, 2.45) is 5.92 Å². The number of para-hydroxylation sites is 1. The number of aryl methyl sites for hydroxylation is 2. The Hall–Kier alpha value is -2.62. The summed E-state index contributed by atoms with van der Waals surface area (Å²) in [6, 6.07) is 15.9. The standard InChI is InChI=1S/C22H26N2O2/c1-4-17-10-6-7-12-20(17)24-15-18(14-21(24)25)22(26)23(5-2)19-11-8-9-16(3)13-19/h6-13,18H,4-5,14-15H2,1-3H3. The fraction of sp³-hybridized carbons (Fsp3) is 0.364. The normalized spacial score (nSPS) is 16.8. The molecule has 2 aromatic rings. The maximum Gasteiger partial charge on any atom is 0.232 e. The first kappa shape index (κ1) is 18.2. The second-order valence-corrected chi connectivity index (χ2v) is 6.81. The lowest BCUT2D eigenvalue weighted by atomic mass is 10.1. The Morgan fingerprint density at radius 2 is 1.92 bits per heavy atom. The van der Waals surface area contributed by atoms with Crippen molar-refractivity contribution in [3.8, 4) is 0 Å². The van der Waals surface area contributed by atoms with Crippen LogP contribution in [-0.2, 0) is 16.0 Å². The molecule has 0 radical (unpaired) electrons. The van der Waals surface area contributed by atoms with Gasteiger partial charge in [0.15, 0.2) is 0 Å². The number of amides is 2. The Bertz CT molecular complexity index is 815. The lowest BCUT2D eigenvalue weighted by molar-refractivity contribution is -0.124. The molecular formula is C22H26N2O2. The van der Waals surface area contributed by atoms with Crippen molar-refractivity contribution in [3.05, 3.63) is 59.7 Å². The van der Waals surface area contributed by atoms with Gasteiger partial charge in [-0.2, -0.15) is 0 Å². The zero-order chi connectivity index (χ0) is 18.7. The van der Waals surface area contributed by atoms with Crippen LogP contribution in [0.3, 0.4) is 0 Å². The van der Waals surface area contributed by atoms with E-state index >= 15 is 0 Å². The molecule has 1 aliphatic rings. The molecule has 1 atom stereocenters. The van der Waals surface area contributed by atoms with E-state index in [1.807, 2.05) is 62.4 Å². The van der Waals surface area contributed by atoms with E-state index in [2.05, 4.69) is 6.92 Å². The number of rotatable bonds is 5. The highest BCUT2D eigenvalue weighted by Gasteiger charge is 2.37. The molecule has 2 aromatic carbocycles. The van der Waals surface area contributed by atoms with Gasteiger partial charge in [-0.15, -0.1) is 0 Å². The van der Waals surface area contributed by atoms with Crippen molar-refractivity contribution in [3.63, 3.8) is 0 Å². The molecule has 2 amide bonds. The summed E-state index contributed by atoms with van der Waals surface area (Å²) >= 11 is 0. The zero-order valence-electron chi connectivity index (χ0n) is 15.7. The highest BCUT2D eigenvalue weighted by molar-refractivity contribution is 6.04. The van der Waals surface area contributed by atoms with Gasteiger partial charge in [-0.05, 0) is 49.6 Å². The minimum atomic E-state index is -0.298. The van der Waals surface area contributed by atoms with Gasteiger partial charge in [0.1, 0.15) is 0 Å². The first-order valence-corrected chi connectivity index (χ1v) is 9.31. The Kier molecular flexibility index (Phi) is 5.40. The Morgan fingerprint density at radius 1 is 1.15 bits per heavy atom. The molecule has 136 valence electrons. The molecule has 0 saturated carbocycles. The van der Waals surface area contributed by atoms with Gasteiger partial charge < -0.3 is 9.80 Å². The summed E-state index contributed by atoms with van der Waals surface area (Å²) < 4.78 is 0. The molecule has 4 heteroatoms. The lowest BCUT2D eigenvalue weighted by Crippen LogP contribution is -2.37. The van der Waals surface area contributed by atoms with Crippen LogP contribution in [0.4, 0.5) is 11.4 Å². The summed E-state index contributed by atoms with van der Waals surface area (Å²) in [4.78, 5) is 29.3. The topological polar surface area (TPSA) is 40.6 Å². The number of hydrogen-bond donors (Lipinski definition) is 0. The van der Waals surface area contributed by atoms with Crippen molar-refractivity contribution in [2.45, 2.75) is 33.6 Å². The molecule has 0 bridgehead atoms. The van der Waals surface area contributed by atoms with Gasteiger partial charge in [-0.25, -0.2) is 0 Å². The molecule has 4 nitrogen and oxygen atoms in total. The number of benzene rings is 2. The number of anilines is 2. The zero-order valence-corrected chi connectivity index (χ0v) is 15.7. The van der Waals surface area contributed by atoms with E-state index in [-0.39, 0.29) is 24.2 Å². The summed E-state index contributed by atoms with van der Waals surface area (Å²) in [5.74, 6) is -0.236. The maximum atomic E-state index is 13.1. The molecule has 1 unspecified atom stereocenters. The molecule has 0 N–H and O–H groups in total. The van der Waals surface area contributed by atoms with Crippen LogP contribution in [0.2, 0.25) is 0 Å². The van der Waals surface area contributed by atoms with Crippen LogP contribution in [0.25, 0.3) is 0 Å². The lowest BCUT2D eigenvalue weighted by Gasteiger charge is -2.25. The maximum absolute atomic E-state index is 13.1. The summed E-state index contributed by atoms with van der Waals surface area (Å²) in [7, 11) is 0. The number of carbonyl (C=O) groups excluding carboxylic acids is 2. The monoisotopic (exact) mass is 350 g/mol. The van der Waals surface area contributed by atoms with E-state index in [4.69, 9.17) is 0 Å². The van der Waals surface area contributed by atoms with Crippen LogP contribution in [0.15, 0.2) is 48.5 Å². The predicted molar refractivity (Wildman–Crippen MR) is 105 cm³/mol. The molecule has 26 heavy (non-hydrogen) atoms. The summed E-state index contributed by atoms with van der Waals surface area (Å²) in [5.41, 5.74) is 4.10. The van der Waals surface area contributed by atoms with Crippen LogP contribution in [0, 0.1) is 12.8 Å². The van der Waals surface area contributed by atoms with Crippen LogP contribution in [0.1, 0.15) is 31.4 Å². The number of nitrogens with zero attached hydrogens (tertiary/aromatic N) is 2. The molecule has 3 rings (SSSR count). The Labute approximate surface area is 155 Å². The highest BCUT2D eigenvalue weighted by atomic mass is 16.2. The largest absolute Gasteiger partial charge is 0.312 e. The fourth-order valence-electron chi connectivity index (χ4n) is 3.66. The molecule has 1 heterocycles. The predicted octanol–water partition coefficient (Wildman–Crippen LogP) is 3.96. The van der Waals surface area contributed by atoms with Crippen molar-refractivity contribution >= 4 is 23.2 Å². The van der Waals surface area contributed by atoms with Gasteiger partial charge in [0.05, 0.1) is 5.92 Å². The van der Waals surface area contributed by atoms with E-state index in [0.29, 0.717) is 13.1 Å². The fourth-order valence-corrected chi connectivity index (χ4v) is 3.66. The van der Waals surface area contributed by atoms with E-state index in [1.165, 1.54) is 0 Å². The quantitative estimate of drug-likeness (QED) is 0.819. The van der Waals surface area contributed by atoms with Crippen LogP contribution in [0.5, 0.6) is 0 Å². The Morgan fingerprint density at radius 3 is 2.62 bits per heavy atom. The van der Waals surface area contributed by atoms with Crippen molar-refractivity contribution < 1.29 is 9.59 Å². The third-order valence-corrected chi connectivity index (χ3v) is 5.03. The second kappa shape index (κ2) is 7.73. The van der Waals surface area contributed by atoms with Crippen LogP contribution < -0.4 is 9.80 Å². The van der Waals surface area contributed by atoms with E-state index in [1.54, 1.807) is 9.80 Å². The smallest absolute Gasteiger partial charge is 0.232 e. The van der Waals surface area contributed by atoms with Gasteiger partial charge in [-0.1, -0.05) is 37.3 Å². The molecule has 0 aromatic heterocycles. The average molecular weight is 350 g/mol. The third-order valence-electron chi connectivity index (χ3n) is 5.03. The molecule has 0 spiro atoms. The minimum Gasteiger partial charge on any atom is -0.312 e. The van der Waals surface area contributed by atoms with Gasteiger partial charge in [0.2, 0.25) is 11.8 Å². The summed E-state index contributed by atoms with van der Waals surface area (Å²) in [6.07, 6.45) is 1.14. The van der Waals surface area contributed by atoms with Crippen molar-refractivity contribution in [1.82, 2.24) is 0 Å². The summed E-state index contributed by atoms with van der Waals surface area (Å²) in [6.45, 7) is 7.12. The van der Waals surface area contributed by atoms with E-state index < -0.39 is 0 Å². The Balaban J connectivity index is 1.82. The SMILES string of the molecule is CCc1ccccc1N1CC(C(=O)N(CC)c2cccc(C)c2)CC1=O. The van der Waals surface area contributed by atoms with Gasteiger partial charge in [0, 0.05) is 30.9 Å². The van der Waals surface area contributed by atoms with Gasteiger partial charge in [0.25, 0.3) is 0 Å². The molecule has 1 fully saturated rings. The molecule has 1 saturated heterocycles. The average Bonchev–Trinajstić information content (AvgIpc) is 3.04. The molecule has 0 aliphatic carbocycles. The van der Waals surface area contributed by atoms with Crippen molar-refractivity contribution in [1.29, 1.82) is 0 Å². The third kappa shape index (κ3) is 3.50. The van der Waals surface area contributed by atoms with E-state index in [0.717, 1.165) is 28.9 Å². The highest BCUT2D eigenvalue weighted by Crippen LogP contribution is 2.30. The van der Waals surface area contributed by atoms with E-state index in [9.17, 15) is 9.59 Å². The van der Waals surface area contributed by atoms with Gasteiger partial charge in [-0.3, -0.25) is 9.59 Å². The molecular weight excluding hydrogens is 324 g/mol. The number of hydrogen-bond acceptors (Lipinski definition) is 2. The van der Waals surface area contributed by atoms with Crippen molar-refractivity contribution in [2.75, 3.05) is 22.9 Å². The first-order chi connectivity index (χ1) is 12.5. The minimum absolute atomic E-state index is 0.0305. The second-order valence-electron chi connectivity index (χ2n) is 6.81. The number of carbonyl (C=O) groups is 2. The van der Waals surface area contributed by atoms with Gasteiger partial charge >= 0.3 is 0 Å².